The summed E-state index contributed by atoms with van der Waals surface area (Å²) in [4.78, 5) is 33.3. The van der Waals surface area contributed by atoms with Gasteiger partial charge in [0.1, 0.15) is 5.69 Å². The molecule has 0 saturated heterocycles. The number of aromatic nitrogens is 4. The van der Waals surface area contributed by atoms with E-state index in [1.165, 1.54) is 18.4 Å². The Morgan fingerprint density at radius 3 is 2.81 bits per heavy atom. The molecule has 3 heterocycles. The summed E-state index contributed by atoms with van der Waals surface area (Å²) < 4.78 is 4.75. The number of hydrogen-bond donors (Lipinski definition) is 2. The topological polar surface area (TPSA) is 110 Å². The molecule has 0 bridgehead atoms. The molecule has 0 aliphatic rings. The van der Waals surface area contributed by atoms with Crippen LogP contribution in [0.2, 0.25) is 0 Å². The molecule has 0 unspecified atom stereocenters. The third-order valence-electron chi connectivity index (χ3n) is 3.56. The van der Waals surface area contributed by atoms with Gasteiger partial charge < -0.3 is 4.74 Å². The van der Waals surface area contributed by atoms with E-state index in [0.717, 1.165) is 10.4 Å². The van der Waals surface area contributed by atoms with Gasteiger partial charge in [0.05, 0.1) is 12.8 Å². The van der Waals surface area contributed by atoms with Gasteiger partial charge in [-0.1, -0.05) is 13.8 Å². The van der Waals surface area contributed by atoms with Crippen LogP contribution in [0.25, 0.3) is 11.3 Å². The molecule has 3 aromatic rings. The Bertz CT molecular complexity index is 933. The van der Waals surface area contributed by atoms with Gasteiger partial charge in [0.25, 0.3) is 5.91 Å². The summed E-state index contributed by atoms with van der Waals surface area (Å²) in [5, 5.41) is 9.84. The van der Waals surface area contributed by atoms with Crippen molar-refractivity contribution in [2.75, 3.05) is 12.4 Å². The van der Waals surface area contributed by atoms with Gasteiger partial charge in [0.2, 0.25) is 0 Å². The monoisotopic (exact) mass is 371 g/mol. The van der Waals surface area contributed by atoms with Crippen LogP contribution in [-0.4, -0.2) is 39.2 Å². The van der Waals surface area contributed by atoms with Gasteiger partial charge in [-0.05, 0) is 24.1 Å². The van der Waals surface area contributed by atoms with Crippen LogP contribution in [-0.2, 0) is 4.74 Å². The third kappa shape index (κ3) is 3.62. The number of H-pyrrole nitrogens is 1. The van der Waals surface area contributed by atoms with Crippen LogP contribution in [0.3, 0.4) is 0 Å². The first-order valence-corrected chi connectivity index (χ1v) is 8.67. The number of ether oxygens (including phenoxy) is 1. The summed E-state index contributed by atoms with van der Waals surface area (Å²) >= 11 is 1.25. The molecule has 2 N–H and O–H groups in total. The van der Waals surface area contributed by atoms with Gasteiger partial charge in [0.15, 0.2) is 10.8 Å². The van der Waals surface area contributed by atoms with Crippen LogP contribution < -0.4 is 5.32 Å². The molecule has 9 heteroatoms. The molecule has 0 radical (unpaired) electrons. The highest BCUT2D eigenvalue weighted by Gasteiger charge is 2.22. The number of thiazole rings is 1. The van der Waals surface area contributed by atoms with E-state index < -0.39 is 11.9 Å². The van der Waals surface area contributed by atoms with E-state index in [2.05, 4.69) is 25.5 Å². The van der Waals surface area contributed by atoms with Crippen molar-refractivity contribution in [3.8, 4) is 11.3 Å². The van der Waals surface area contributed by atoms with E-state index in [-0.39, 0.29) is 17.3 Å². The first kappa shape index (κ1) is 17.7. The van der Waals surface area contributed by atoms with Crippen molar-refractivity contribution in [3.05, 3.63) is 46.9 Å². The SMILES string of the molecule is COC(=O)c1nc(NC(=O)c2cc(-c3cccnc3)n[nH]2)sc1C(C)C. The number of esters is 1. The second-order valence-electron chi connectivity index (χ2n) is 5.74. The molecule has 0 atom stereocenters. The van der Waals surface area contributed by atoms with Gasteiger partial charge in [-0.3, -0.25) is 20.2 Å². The standard InChI is InChI=1S/C17H17N5O3S/c1-9(2)14-13(16(24)25-3)19-17(26-14)20-15(23)12-7-11(21-22-12)10-5-4-6-18-8-10/h4-9H,1-3H3,(H,21,22)(H,19,20,23). The van der Waals surface area contributed by atoms with Crippen molar-refractivity contribution in [1.82, 2.24) is 20.2 Å². The van der Waals surface area contributed by atoms with Crippen molar-refractivity contribution in [3.63, 3.8) is 0 Å². The number of pyridine rings is 1. The van der Waals surface area contributed by atoms with Crippen molar-refractivity contribution >= 4 is 28.3 Å². The molecule has 0 saturated carbocycles. The first-order chi connectivity index (χ1) is 12.5. The fraction of sp³-hybridized carbons (Fsp3) is 0.235. The van der Waals surface area contributed by atoms with E-state index >= 15 is 0 Å². The average Bonchev–Trinajstić information content (AvgIpc) is 3.29. The average molecular weight is 371 g/mol. The number of anilines is 1. The highest BCUT2D eigenvalue weighted by atomic mass is 32.1. The Labute approximate surface area is 153 Å². The fourth-order valence-electron chi connectivity index (χ4n) is 2.28. The zero-order chi connectivity index (χ0) is 18.7. The van der Waals surface area contributed by atoms with Crippen LogP contribution in [0, 0.1) is 0 Å². The van der Waals surface area contributed by atoms with Crippen LogP contribution in [0.5, 0.6) is 0 Å². The number of hydrogen-bond acceptors (Lipinski definition) is 7. The first-order valence-electron chi connectivity index (χ1n) is 7.85. The van der Waals surface area contributed by atoms with E-state index in [0.29, 0.717) is 10.8 Å². The summed E-state index contributed by atoms with van der Waals surface area (Å²) in [6.07, 6.45) is 3.33. The predicted octanol–water partition coefficient (Wildman–Crippen LogP) is 3.09. The molecule has 0 fully saturated rings. The van der Waals surface area contributed by atoms with Gasteiger partial charge >= 0.3 is 5.97 Å². The Morgan fingerprint density at radius 1 is 1.35 bits per heavy atom. The number of carbonyl (C=O) groups is 2. The zero-order valence-electron chi connectivity index (χ0n) is 14.4. The smallest absolute Gasteiger partial charge is 0.357 e. The lowest BCUT2D eigenvalue weighted by atomic mass is 10.1. The Morgan fingerprint density at radius 2 is 2.15 bits per heavy atom. The Balaban J connectivity index is 1.80. The van der Waals surface area contributed by atoms with Crippen LogP contribution in [0.4, 0.5) is 5.13 Å². The minimum atomic E-state index is -0.522. The number of aromatic amines is 1. The van der Waals surface area contributed by atoms with E-state index in [1.807, 2.05) is 19.9 Å². The molecule has 0 spiro atoms. The van der Waals surface area contributed by atoms with Crippen LogP contribution in [0.15, 0.2) is 30.6 Å². The molecule has 1 amide bonds. The molecule has 3 rings (SSSR count). The second kappa shape index (κ2) is 7.44. The lowest BCUT2D eigenvalue weighted by Crippen LogP contribution is -2.12. The minimum Gasteiger partial charge on any atom is -0.464 e. The van der Waals surface area contributed by atoms with Crippen molar-refractivity contribution in [2.24, 2.45) is 0 Å². The van der Waals surface area contributed by atoms with Gasteiger partial charge in [0, 0.05) is 22.8 Å². The molecule has 0 aliphatic heterocycles. The summed E-state index contributed by atoms with van der Waals surface area (Å²) in [5.41, 5.74) is 1.92. The van der Waals surface area contributed by atoms with Crippen LogP contribution >= 0.6 is 11.3 Å². The zero-order valence-corrected chi connectivity index (χ0v) is 15.3. The van der Waals surface area contributed by atoms with Gasteiger partial charge in [-0.15, -0.1) is 11.3 Å². The maximum atomic E-state index is 12.4. The quantitative estimate of drug-likeness (QED) is 0.667. The summed E-state index contributed by atoms with van der Waals surface area (Å²) in [7, 11) is 1.30. The molecule has 0 aromatic carbocycles. The molecule has 3 aromatic heterocycles. The third-order valence-corrected chi connectivity index (χ3v) is 4.83. The van der Waals surface area contributed by atoms with Crippen molar-refractivity contribution < 1.29 is 14.3 Å². The molecular formula is C17H17N5O3S. The number of rotatable bonds is 5. The number of nitrogens with zero attached hydrogens (tertiary/aromatic N) is 3. The number of amides is 1. The number of carbonyl (C=O) groups excluding carboxylic acids is 2. The lowest BCUT2D eigenvalue weighted by Gasteiger charge is -2.02. The van der Waals surface area contributed by atoms with E-state index in [9.17, 15) is 9.59 Å². The Hall–Kier alpha value is -3.07. The summed E-state index contributed by atoms with van der Waals surface area (Å²) in [6.45, 7) is 3.89. The number of methoxy groups -OCH3 is 1. The van der Waals surface area contributed by atoms with E-state index in [1.54, 1.807) is 24.5 Å². The maximum absolute atomic E-state index is 12.4. The lowest BCUT2D eigenvalue weighted by molar-refractivity contribution is 0.0593. The molecule has 26 heavy (non-hydrogen) atoms. The summed E-state index contributed by atoms with van der Waals surface area (Å²) in [5.74, 6) is -0.837. The van der Waals surface area contributed by atoms with E-state index in [4.69, 9.17) is 4.74 Å². The van der Waals surface area contributed by atoms with Crippen molar-refractivity contribution in [1.29, 1.82) is 0 Å². The molecule has 134 valence electrons. The molecule has 0 aliphatic carbocycles. The van der Waals surface area contributed by atoms with Gasteiger partial charge in [-0.25, -0.2) is 9.78 Å². The molecular weight excluding hydrogens is 354 g/mol. The minimum absolute atomic E-state index is 0.0802. The summed E-state index contributed by atoms with van der Waals surface area (Å²) in [6, 6.07) is 5.27. The van der Waals surface area contributed by atoms with Crippen LogP contribution in [0.1, 0.15) is 45.6 Å². The highest BCUT2D eigenvalue weighted by Crippen LogP contribution is 2.30. The normalized spacial score (nSPS) is 10.8. The largest absolute Gasteiger partial charge is 0.464 e. The number of nitrogens with one attached hydrogen (secondary N) is 2. The van der Waals surface area contributed by atoms with Crippen molar-refractivity contribution in [2.45, 2.75) is 19.8 Å². The predicted molar refractivity (Wildman–Crippen MR) is 97.3 cm³/mol. The Kier molecular flexibility index (Phi) is 5.08. The fourth-order valence-corrected chi connectivity index (χ4v) is 3.23. The van der Waals surface area contributed by atoms with Gasteiger partial charge in [-0.2, -0.15) is 5.10 Å². The highest BCUT2D eigenvalue weighted by molar-refractivity contribution is 7.16. The maximum Gasteiger partial charge on any atom is 0.357 e. The molecule has 8 nitrogen and oxygen atoms in total. The second-order valence-corrected chi connectivity index (χ2v) is 6.77.